The average Bonchev–Trinajstić information content (AvgIpc) is 2.39. The maximum Gasteiger partial charge on any atom is 0.339 e. The van der Waals surface area contributed by atoms with Crippen LogP contribution in [0.4, 0.5) is 17.6 Å². The van der Waals surface area contributed by atoms with Gasteiger partial charge in [-0.3, -0.25) is 4.79 Å². The number of aliphatic hydroxyl groups is 1. The van der Waals surface area contributed by atoms with Crippen molar-refractivity contribution >= 4 is 5.78 Å². The van der Waals surface area contributed by atoms with Gasteiger partial charge in [-0.15, -0.1) is 0 Å². The first-order valence-corrected chi connectivity index (χ1v) is 5.71. The second-order valence-electron chi connectivity index (χ2n) is 4.22. The van der Waals surface area contributed by atoms with Crippen molar-refractivity contribution in [2.75, 3.05) is 0 Å². The van der Waals surface area contributed by atoms with Crippen molar-refractivity contribution in [2.24, 2.45) is 0 Å². The summed E-state index contributed by atoms with van der Waals surface area (Å²) in [7, 11) is 0. The normalized spacial score (nSPS) is 15.3. The van der Waals surface area contributed by atoms with Gasteiger partial charge in [0.1, 0.15) is 5.78 Å². The Morgan fingerprint density at radius 2 is 1.79 bits per heavy atom. The Hall–Kier alpha value is -1.43. The molecule has 0 aromatic heterocycles. The Balaban J connectivity index is 3.29. The third-order valence-electron chi connectivity index (χ3n) is 2.92. The van der Waals surface area contributed by atoms with E-state index in [1.807, 2.05) is 0 Å². The van der Waals surface area contributed by atoms with Gasteiger partial charge in [-0.2, -0.15) is 8.78 Å². The van der Waals surface area contributed by atoms with E-state index >= 15 is 0 Å². The average molecular weight is 278 g/mol. The van der Waals surface area contributed by atoms with Crippen LogP contribution >= 0.6 is 0 Å². The fourth-order valence-electron chi connectivity index (χ4n) is 1.72. The lowest BCUT2D eigenvalue weighted by Gasteiger charge is -2.35. The number of alkyl halides is 4. The van der Waals surface area contributed by atoms with E-state index in [1.54, 1.807) is 0 Å². The zero-order valence-electron chi connectivity index (χ0n) is 10.2. The number of hydrogen-bond donors (Lipinski definition) is 1. The summed E-state index contributed by atoms with van der Waals surface area (Å²) in [6, 6.07) is 6.35. The highest BCUT2D eigenvalue weighted by molar-refractivity contribution is 5.79. The van der Waals surface area contributed by atoms with Gasteiger partial charge in [0.05, 0.1) is 0 Å². The molecule has 0 saturated carbocycles. The largest absolute Gasteiger partial charge is 0.378 e. The lowest BCUT2D eigenvalue weighted by Crippen LogP contribution is -2.51. The first-order chi connectivity index (χ1) is 8.75. The van der Waals surface area contributed by atoms with Crippen LogP contribution in [0.1, 0.15) is 25.3 Å². The lowest BCUT2D eigenvalue weighted by molar-refractivity contribution is -0.249. The maximum atomic E-state index is 13.6. The Kier molecular flexibility index (Phi) is 4.68. The standard InChI is InChI=1S/C13H14F4O2/c1-2-10(18)8-12(19,13(16,17)11(14)15)9-6-4-3-5-7-9/h3-7,11,19H,2,8H2,1H3. The number of halogens is 4. The number of rotatable bonds is 6. The van der Waals surface area contributed by atoms with Crippen LogP contribution in [0, 0.1) is 0 Å². The highest BCUT2D eigenvalue weighted by atomic mass is 19.3. The van der Waals surface area contributed by atoms with Crippen LogP contribution < -0.4 is 0 Å². The van der Waals surface area contributed by atoms with Gasteiger partial charge < -0.3 is 5.11 Å². The maximum absolute atomic E-state index is 13.6. The van der Waals surface area contributed by atoms with E-state index in [0.717, 1.165) is 12.1 Å². The molecular weight excluding hydrogens is 264 g/mol. The second-order valence-corrected chi connectivity index (χ2v) is 4.22. The van der Waals surface area contributed by atoms with Crippen molar-refractivity contribution in [1.82, 2.24) is 0 Å². The van der Waals surface area contributed by atoms with E-state index in [2.05, 4.69) is 0 Å². The first kappa shape index (κ1) is 15.6. The van der Waals surface area contributed by atoms with Crippen LogP contribution in [0.25, 0.3) is 0 Å². The third kappa shape index (κ3) is 2.94. The Labute approximate surface area is 108 Å². The summed E-state index contributed by atoms with van der Waals surface area (Å²) in [5.41, 5.74) is -3.60. The molecule has 0 saturated heterocycles. The summed E-state index contributed by atoms with van der Waals surface area (Å²) >= 11 is 0. The number of ketones is 1. The summed E-state index contributed by atoms with van der Waals surface area (Å²) in [6.45, 7) is 1.41. The highest BCUT2D eigenvalue weighted by Gasteiger charge is 2.60. The molecule has 0 fully saturated rings. The van der Waals surface area contributed by atoms with E-state index in [0.29, 0.717) is 0 Å². The predicted molar refractivity (Wildman–Crippen MR) is 61.2 cm³/mol. The van der Waals surface area contributed by atoms with Gasteiger partial charge in [-0.05, 0) is 5.56 Å². The van der Waals surface area contributed by atoms with E-state index in [-0.39, 0.29) is 6.42 Å². The van der Waals surface area contributed by atoms with E-state index in [1.165, 1.54) is 25.1 Å². The van der Waals surface area contributed by atoms with Gasteiger partial charge >= 0.3 is 12.3 Å². The molecule has 0 amide bonds. The van der Waals surface area contributed by atoms with Crippen LogP contribution in [0.2, 0.25) is 0 Å². The number of benzene rings is 1. The molecule has 0 radical (unpaired) electrons. The van der Waals surface area contributed by atoms with Gasteiger partial charge in [0.2, 0.25) is 0 Å². The number of carbonyl (C=O) groups excluding carboxylic acids is 1. The van der Waals surface area contributed by atoms with Gasteiger partial charge in [-0.25, -0.2) is 8.78 Å². The lowest BCUT2D eigenvalue weighted by atomic mass is 9.82. The van der Waals surface area contributed by atoms with Crippen LogP contribution in [0.3, 0.4) is 0 Å². The third-order valence-corrected chi connectivity index (χ3v) is 2.92. The van der Waals surface area contributed by atoms with Crippen molar-refractivity contribution in [2.45, 2.75) is 37.7 Å². The highest BCUT2D eigenvalue weighted by Crippen LogP contribution is 2.44. The first-order valence-electron chi connectivity index (χ1n) is 5.71. The molecule has 0 aliphatic heterocycles. The minimum atomic E-state index is -4.71. The van der Waals surface area contributed by atoms with Crippen molar-refractivity contribution in [3.05, 3.63) is 35.9 Å². The minimum Gasteiger partial charge on any atom is -0.378 e. The van der Waals surface area contributed by atoms with Gasteiger partial charge in [0.15, 0.2) is 5.60 Å². The fourth-order valence-corrected chi connectivity index (χ4v) is 1.72. The van der Waals surface area contributed by atoms with Gasteiger partial charge in [-0.1, -0.05) is 37.3 Å². The fraction of sp³-hybridized carbons (Fsp3) is 0.462. The molecule has 0 spiro atoms. The minimum absolute atomic E-state index is 0.117. The Bertz CT molecular complexity index is 434. The van der Waals surface area contributed by atoms with Crippen molar-refractivity contribution < 1.29 is 27.5 Å². The molecule has 0 heterocycles. The zero-order valence-corrected chi connectivity index (χ0v) is 10.2. The molecule has 1 aromatic rings. The molecule has 19 heavy (non-hydrogen) atoms. The number of Topliss-reactive ketones (excluding diaryl/α,β-unsaturated/α-hetero) is 1. The molecule has 0 bridgehead atoms. The zero-order chi connectivity index (χ0) is 14.7. The molecule has 0 aliphatic rings. The van der Waals surface area contributed by atoms with E-state index < -0.39 is 35.7 Å². The molecule has 1 rings (SSSR count). The van der Waals surface area contributed by atoms with Crippen LogP contribution in [-0.4, -0.2) is 23.2 Å². The molecule has 1 N–H and O–H groups in total. The SMILES string of the molecule is CCC(=O)CC(O)(c1ccccc1)C(F)(F)C(F)F. The van der Waals surface area contributed by atoms with E-state index in [9.17, 15) is 27.5 Å². The molecule has 0 aliphatic carbocycles. The van der Waals surface area contributed by atoms with E-state index in [4.69, 9.17) is 0 Å². The monoisotopic (exact) mass is 278 g/mol. The Morgan fingerprint density at radius 3 is 2.21 bits per heavy atom. The molecule has 2 nitrogen and oxygen atoms in total. The van der Waals surface area contributed by atoms with Crippen LogP contribution in [-0.2, 0) is 10.4 Å². The molecule has 1 atom stereocenters. The summed E-state index contributed by atoms with van der Waals surface area (Å²) in [5.74, 6) is -5.43. The summed E-state index contributed by atoms with van der Waals surface area (Å²) in [6.07, 6.45) is -5.23. The van der Waals surface area contributed by atoms with Crippen molar-refractivity contribution in [3.8, 4) is 0 Å². The second kappa shape index (κ2) is 5.69. The van der Waals surface area contributed by atoms with Crippen molar-refractivity contribution in [3.63, 3.8) is 0 Å². The van der Waals surface area contributed by atoms with Gasteiger partial charge in [0.25, 0.3) is 0 Å². The number of hydrogen-bond acceptors (Lipinski definition) is 2. The topological polar surface area (TPSA) is 37.3 Å². The molecule has 1 unspecified atom stereocenters. The van der Waals surface area contributed by atoms with Crippen LogP contribution in [0.15, 0.2) is 30.3 Å². The summed E-state index contributed by atoms with van der Waals surface area (Å²) < 4.78 is 52.3. The van der Waals surface area contributed by atoms with Crippen molar-refractivity contribution in [1.29, 1.82) is 0 Å². The molecule has 6 heteroatoms. The predicted octanol–water partition coefficient (Wildman–Crippen LogP) is 3.14. The number of carbonyl (C=O) groups is 1. The molecule has 1 aromatic carbocycles. The summed E-state index contributed by atoms with van der Waals surface area (Å²) in [4.78, 5) is 11.3. The molecular formula is C13H14F4O2. The van der Waals surface area contributed by atoms with Gasteiger partial charge in [0, 0.05) is 12.8 Å². The summed E-state index contributed by atoms with van der Waals surface area (Å²) in [5, 5.41) is 10.0. The van der Waals surface area contributed by atoms with Crippen LogP contribution in [0.5, 0.6) is 0 Å². The smallest absolute Gasteiger partial charge is 0.339 e. The quantitative estimate of drug-likeness (QED) is 0.812. The Morgan fingerprint density at radius 1 is 1.26 bits per heavy atom. The molecule has 106 valence electrons.